The van der Waals surface area contributed by atoms with Crippen LogP contribution in [-0.2, 0) is 0 Å². The van der Waals surface area contributed by atoms with Crippen molar-refractivity contribution in [1.29, 1.82) is 0 Å². The summed E-state index contributed by atoms with van der Waals surface area (Å²) in [7, 11) is 0. The van der Waals surface area contributed by atoms with Gasteiger partial charge in [0.2, 0.25) is 5.88 Å². The number of nitrogens with zero attached hydrogens (tertiary/aromatic N) is 2. The first kappa shape index (κ1) is 13.2. The number of halogens is 1. The first-order chi connectivity index (χ1) is 7.83. The highest BCUT2D eigenvalue weighted by Gasteiger charge is 1.97. The molecule has 1 aromatic rings. The van der Waals surface area contributed by atoms with Crippen LogP contribution < -0.4 is 4.74 Å². The van der Waals surface area contributed by atoms with Gasteiger partial charge in [0.1, 0.15) is 0 Å². The van der Waals surface area contributed by atoms with Gasteiger partial charge >= 0.3 is 0 Å². The monoisotopic (exact) mass is 242 g/mol. The molecule has 4 heteroatoms. The van der Waals surface area contributed by atoms with Crippen LogP contribution >= 0.6 is 11.6 Å². The molecule has 0 aromatic carbocycles. The van der Waals surface area contributed by atoms with Crippen molar-refractivity contribution in [3.05, 3.63) is 17.5 Å². The highest BCUT2D eigenvalue weighted by atomic mass is 35.5. The molecule has 0 saturated carbocycles. The van der Waals surface area contributed by atoms with Crippen LogP contribution in [-0.4, -0.2) is 16.6 Å². The first-order valence-electron chi connectivity index (χ1n) is 5.93. The van der Waals surface area contributed by atoms with E-state index >= 15 is 0 Å². The van der Waals surface area contributed by atoms with E-state index in [2.05, 4.69) is 16.9 Å². The Labute approximate surface area is 102 Å². The maximum atomic E-state index is 5.69. The largest absolute Gasteiger partial charge is 0.477 e. The summed E-state index contributed by atoms with van der Waals surface area (Å²) < 4.78 is 5.44. The van der Waals surface area contributed by atoms with Gasteiger partial charge in [0.25, 0.3) is 0 Å². The van der Waals surface area contributed by atoms with E-state index in [0.717, 1.165) is 6.42 Å². The SMILES string of the molecule is CCCCCCCCOc1cncc(Cl)n1. The molecule has 0 atom stereocenters. The molecule has 16 heavy (non-hydrogen) atoms. The number of aromatic nitrogens is 2. The average Bonchev–Trinajstić information content (AvgIpc) is 2.28. The second kappa shape index (κ2) is 8.34. The van der Waals surface area contributed by atoms with Gasteiger partial charge in [-0.05, 0) is 6.42 Å². The van der Waals surface area contributed by atoms with Gasteiger partial charge < -0.3 is 4.74 Å². The Balaban J connectivity index is 2.03. The first-order valence-corrected chi connectivity index (χ1v) is 6.31. The minimum atomic E-state index is 0.375. The van der Waals surface area contributed by atoms with Gasteiger partial charge in [0, 0.05) is 0 Å². The van der Waals surface area contributed by atoms with E-state index in [1.165, 1.54) is 38.3 Å². The molecule has 0 unspecified atom stereocenters. The Bertz CT molecular complexity index is 294. The Morgan fingerprint density at radius 2 is 1.88 bits per heavy atom. The van der Waals surface area contributed by atoms with Gasteiger partial charge in [0.15, 0.2) is 5.15 Å². The summed E-state index contributed by atoms with van der Waals surface area (Å²) in [6, 6.07) is 0. The molecular formula is C12H19ClN2O. The average molecular weight is 243 g/mol. The minimum absolute atomic E-state index is 0.375. The third-order valence-electron chi connectivity index (χ3n) is 2.33. The Hall–Kier alpha value is -0.830. The van der Waals surface area contributed by atoms with Crippen molar-refractivity contribution in [3.63, 3.8) is 0 Å². The van der Waals surface area contributed by atoms with Crippen molar-refractivity contribution in [2.75, 3.05) is 6.61 Å². The summed E-state index contributed by atoms with van der Waals surface area (Å²) >= 11 is 5.69. The second-order valence-corrected chi connectivity index (χ2v) is 4.18. The molecule has 0 spiro atoms. The quantitative estimate of drug-likeness (QED) is 0.649. The minimum Gasteiger partial charge on any atom is -0.477 e. The molecule has 0 radical (unpaired) electrons. The normalized spacial score (nSPS) is 10.4. The fourth-order valence-corrected chi connectivity index (χ4v) is 1.59. The van der Waals surface area contributed by atoms with Gasteiger partial charge in [-0.2, -0.15) is 4.98 Å². The van der Waals surface area contributed by atoms with Crippen molar-refractivity contribution in [3.8, 4) is 5.88 Å². The van der Waals surface area contributed by atoms with E-state index in [-0.39, 0.29) is 0 Å². The van der Waals surface area contributed by atoms with Gasteiger partial charge in [-0.3, -0.25) is 4.98 Å². The van der Waals surface area contributed by atoms with E-state index in [1.54, 1.807) is 6.20 Å². The lowest BCUT2D eigenvalue weighted by Gasteiger charge is -2.04. The van der Waals surface area contributed by atoms with Gasteiger partial charge in [-0.15, -0.1) is 0 Å². The van der Waals surface area contributed by atoms with Crippen LogP contribution in [0.5, 0.6) is 5.88 Å². The lowest BCUT2D eigenvalue weighted by molar-refractivity contribution is 0.292. The molecule has 0 aliphatic rings. The smallest absolute Gasteiger partial charge is 0.233 e. The van der Waals surface area contributed by atoms with Crippen LogP contribution in [0.1, 0.15) is 45.4 Å². The number of rotatable bonds is 8. The summed E-state index contributed by atoms with van der Waals surface area (Å²) in [4.78, 5) is 7.91. The number of ether oxygens (including phenoxy) is 1. The fraction of sp³-hybridized carbons (Fsp3) is 0.667. The van der Waals surface area contributed by atoms with Crippen LogP contribution in [0.25, 0.3) is 0 Å². The molecule has 0 bridgehead atoms. The zero-order valence-electron chi connectivity index (χ0n) is 9.79. The molecule has 0 fully saturated rings. The maximum Gasteiger partial charge on any atom is 0.233 e. The van der Waals surface area contributed by atoms with Crippen molar-refractivity contribution in [2.24, 2.45) is 0 Å². The van der Waals surface area contributed by atoms with E-state index in [9.17, 15) is 0 Å². The van der Waals surface area contributed by atoms with E-state index < -0.39 is 0 Å². The molecule has 1 rings (SSSR count). The highest BCUT2D eigenvalue weighted by Crippen LogP contribution is 2.10. The third-order valence-corrected chi connectivity index (χ3v) is 2.51. The van der Waals surface area contributed by atoms with Crippen molar-refractivity contribution < 1.29 is 4.74 Å². The van der Waals surface area contributed by atoms with E-state index in [1.807, 2.05) is 0 Å². The molecular weight excluding hydrogens is 224 g/mol. The molecule has 0 amide bonds. The highest BCUT2D eigenvalue weighted by molar-refractivity contribution is 6.29. The van der Waals surface area contributed by atoms with Crippen LogP contribution in [0, 0.1) is 0 Å². The molecule has 1 aromatic heterocycles. The predicted molar refractivity (Wildman–Crippen MR) is 65.9 cm³/mol. The van der Waals surface area contributed by atoms with Crippen molar-refractivity contribution in [1.82, 2.24) is 9.97 Å². The Morgan fingerprint density at radius 1 is 1.12 bits per heavy atom. The molecule has 0 N–H and O–H groups in total. The van der Waals surface area contributed by atoms with Gasteiger partial charge in [-0.1, -0.05) is 50.6 Å². The lowest BCUT2D eigenvalue weighted by Crippen LogP contribution is -1.99. The molecule has 0 aliphatic carbocycles. The summed E-state index contributed by atoms with van der Waals surface area (Å²) in [5, 5.41) is 0.375. The third kappa shape index (κ3) is 5.91. The molecule has 0 saturated heterocycles. The fourth-order valence-electron chi connectivity index (χ4n) is 1.45. The van der Waals surface area contributed by atoms with Crippen LogP contribution in [0.15, 0.2) is 12.4 Å². The van der Waals surface area contributed by atoms with Crippen LogP contribution in [0.3, 0.4) is 0 Å². The summed E-state index contributed by atoms with van der Waals surface area (Å²) in [5.41, 5.74) is 0. The van der Waals surface area contributed by atoms with Crippen LogP contribution in [0.2, 0.25) is 5.15 Å². The van der Waals surface area contributed by atoms with Crippen molar-refractivity contribution in [2.45, 2.75) is 45.4 Å². The summed E-state index contributed by atoms with van der Waals surface area (Å²) in [5.74, 6) is 0.515. The Kier molecular flexibility index (Phi) is 6.90. The standard InChI is InChI=1S/C12H19ClN2O/c1-2-3-4-5-6-7-8-16-12-10-14-9-11(13)15-12/h9-10H,2-8H2,1H3. The zero-order chi connectivity index (χ0) is 11.6. The molecule has 1 heterocycles. The van der Waals surface area contributed by atoms with E-state index in [4.69, 9.17) is 16.3 Å². The number of hydrogen-bond acceptors (Lipinski definition) is 3. The maximum absolute atomic E-state index is 5.69. The van der Waals surface area contributed by atoms with Crippen molar-refractivity contribution >= 4 is 11.6 Å². The molecule has 0 aliphatic heterocycles. The van der Waals surface area contributed by atoms with Crippen LogP contribution in [0.4, 0.5) is 0 Å². The zero-order valence-corrected chi connectivity index (χ0v) is 10.5. The number of unbranched alkanes of at least 4 members (excludes halogenated alkanes) is 5. The topological polar surface area (TPSA) is 35.0 Å². The molecule has 3 nitrogen and oxygen atoms in total. The predicted octanol–water partition coefficient (Wildman–Crippen LogP) is 3.87. The van der Waals surface area contributed by atoms with E-state index in [0.29, 0.717) is 17.6 Å². The Morgan fingerprint density at radius 3 is 2.62 bits per heavy atom. The summed E-state index contributed by atoms with van der Waals surface area (Å²) in [6.45, 7) is 2.92. The second-order valence-electron chi connectivity index (χ2n) is 3.80. The number of hydrogen-bond donors (Lipinski definition) is 0. The summed E-state index contributed by atoms with van der Waals surface area (Å²) in [6.07, 6.45) is 10.6. The van der Waals surface area contributed by atoms with Gasteiger partial charge in [0.05, 0.1) is 19.0 Å². The molecule has 90 valence electrons. The van der Waals surface area contributed by atoms with Gasteiger partial charge in [-0.25, -0.2) is 0 Å². The lowest BCUT2D eigenvalue weighted by atomic mass is 10.1.